The van der Waals surface area contributed by atoms with Crippen LogP contribution in [0.1, 0.15) is 25.0 Å². The van der Waals surface area contributed by atoms with Crippen LogP contribution in [0.5, 0.6) is 0 Å². The molecular weight excluding hydrogens is 290 g/mol. The number of carbonyl (C=O) groups is 1. The molecule has 4 N–H and O–H groups in total. The molecule has 0 aliphatic heterocycles. The summed E-state index contributed by atoms with van der Waals surface area (Å²) >= 11 is 0. The summed E-state index contributed by atoms with van der Waals surface area (Å²) in [5.41, 5.74) is 12.2. The number of hydrogen-bond donors (Lipinski definition) is 2. The topological polar surface area (TPSA) is 106 Å². The summed E-state index contributed by atoms with van der Waals surface area (Å²) in [6.45, 7) is 4.17. The van der Waals surface area contributed by atoms with Gasteiger partial charge in [0.1, 0.15) is 0 Å². The second-order valence-corrected chi connectivity index (χ2v) is 7.40. The molecule has 0 saturated carbocycles. The Labute approximate surface area is 126 Å². The fourth-order valence-electron chi connectivity index (χ4n) is 1.93. The molecule has 21 heavy (non-hydrogen) atoms. The number of rotatable bonds is 8. The molecule has 0 aromatic heterocycles. The van der Waals surface area contributed by atoms with Crippen LogP contribution in [0.2, 0.25) is 0 Å². The average Bonchev–Trinajstić information content (AvgIpc) is 2.37. The minimum absolute atomic E-state index is 0.110. The van der Waals surface area contributed by atoms with E-state index in [-0.39, 0.29) is 24.8 Å². The Balaban J connectivity index is 2.90. The Hall–Kier alpha value is -1.44. The van der Waals surface area contributed by atoms with E-state index in [1.165, 1.54) is 0 Å². The van der Waals surface area contributed by atoms with Gasteiger partial charge in [-0.05, 0) is 17.0 Å². The van der Waals surface area contributed by atoms with Crippen LogP contribution in [0.3, 0.4) is 0 Å². The fraction of sp³-hybridized carbons (Fsp3) is 0.500. The lowest BCUT2D eigenvalue weighted by Crippen LogP contribution is -2.41. The summed E-state index contributed by atoms with van der Waals surface area (Å²) in [4.78, 5) is 11.1. The molecule has 0 radical (unpaired) electrons. The van der Waals surface area contributed by atoms with Gasteiger partial charge < -0.3 is 11.5 Å². The van der Waals surface area contributed by atoms with Gasteiger partial charge in [-0.3, -0.25) is 4.79 Å². The maximum atomic E-state index is 12.4. The van der Waals surface area contributed by atoms with Gasteiger partial charge in [0, 0.05) is 13.1 Å². The lowest BCUT2D eigenvalue weighted by Gasteiger charge is -2.22. The van der Waals surface area contributed by atoms with Gasteiger partial charge in [-0.1, -0.05) is 38.1 Å². The molecule has 1 aromatic rings. The number of nitrogens with two attached hydrogens (primary N) is 2. The van der Waals surface area contributed by atoms with Crippen molar-refractivity contribution >= 4 is 15.9 Å². The smallest absolute Gasteiger partial charge is 0.232 e. The first-order valence-corrected chi connectivity index (χ1v) is 8.39. The van der Waals surface area contributed by atoms with Crippen LogP contribution in [-0.4, -0.2) is 31.7 Å². The van der Waals surface area contributed by atoms with Gasteiger partial charge in [0.25, 0.3) is 0 Å². The van der Waals surface area contributed by atoms with Crippen molar-refractivity contribution in [1.29, 1.82) is 0 Å². The zero-order chi connectivity index (χ0) is 16.0. The molecule has 7 heteroatoms. The zero-order valence-corrected chi connectivity index (χ0v) is 13.3. The Kier molecular flexibility index (Phi) is 6.32. The third-order valence-corrected chi connectivity index (χ3v) is 4.67. The number of sulfonamides is 1. The van der Waals surface area contributed by atoms with E-state index < -0.39 is 15.9 Å². The Bertz CT molecular complexity index is 568. The molecule has 118 valence electrons. The van der Waals surface area contributed by atoms with Crippen LogP contribution < -0.4 is 11.5 Å². The molecule has 0 atom stereocenters. The van der Waals surface area contributed by atoms with Gasteiger partial charge in [-0.25, -0.2) is 8.42 Å². The molecule has 0 aliphatic carbocycles. The summed E-state index contributed by atoms with van der Waals surface area (Å²) in [6, 6.07) is 7.06. The predicted molar refractivity (Wildman–Crippen MR) is 82.6 cm³/mol. The third kappa shape index (κ3) is 5.82. The highest BCUT2D eigenvalue weighted by molar-refractivity contribution is 7.88. The third-order valence-electron chi connectivity index (χ3n) is 2.90. The van der Waals surface area contributed by atoms with Crippen LogP contribution in [0.25, 0.3) is 0 Å². The molecule has 1 amide bonds. The number of hydrogen-bond acceptors (Lipinski definition) is 4. The summed E-state index contributed by atoms with van der Waals surface area (Å²) < 4.78 is 26.0. The van der Waals surface area contributed by atoms with E-state index in [0.29, 0.717) is 12.1 Å². The van der Waals surface area contributed by atoms with Gasteiger partial charge in [0.05, 0.1) is 12.3 Å². The molecule has 1 aromatic carbocycles. The first-order chi connectivity index (χ1) is 9.74. The molecule has 6 nitrogen and oxygen atoms in total. The number of amides is 1. The van der Waals surface area contributed by atoms with Gasteiger partial charge in [0.15, 0.2) is 0 Å². The normalized spacial score (nSPS) is 12.0. The molecule has 0 heterocycles. The van der Waals surface area contributed by atoms with Crippen molar-refractivity contribution in [2.75, 3.05) is 13.1 Å². The average molecular weight is 313 g/mol. The van der Waals surface area contributed by atoms with E-state index in [2.05, 4.69) is 0 Å². The highest BCUT2D eigenvalue weighted by Crippen LogP contribution is 2.13. The first-order valence-electron chi connectivity index (χ1n) is 6.78. The number of benzene rings is 1. The molecule has 1 rings (SSSR count). The monoisotopic (exact) mass is 313 g/mol. The minimum atomic E-state index is -3.58. The van der Waals surface area contributed by atoms with Gasteiger partial charge >= 0.3 is 0 Å². The Morgan fingerprint density at radius 3 is 2.14 bits per heavy atom. The zero-order valence-electron chi connectivity index (χ0n) is 12.5. The van der Waals surface area contributed by atoms with Crippen LogP contribution in [0.4, 0.5) is 0 Å². The minimum Gasteiger partial charge on any atom is -0.369 e. The van der Waals surface area contributed by atoms with E-state index in [1.54, 1.807) is 24.3 Å². The highest BCUT2D eigenvalue weighted by atomic mass is 32.2. The molecule has 0 fully saturated rings. The highest BCUT2D eigenvalue weighted by Gasteiger charge is 2.24. The van der Waals surface area contributed by atoms with Gasteiger partial charge in [-0.15, -0.1) is 0 Å². The molecule has 0 saturated heterocycles. The van der Waals surface area contributed by atoms with Gasteiger partial charge in [0.2, 0.25) is 15.9 Å². The lowest BCUT2D eigenvalue weighted by atomic mass is 10.1. The van der Waals surface area contributed by atoms with Crippen LogP contribution in [0.15, 0.2) is 24.3 Å². The van der Waals surface area contributed by atoms with Crippen molar-refractivity contribution in [3.63, 3.8) is 0 Å². The molecule has 0 bridgehead atoms. The summed E-state index contributed by atoms with van der Waals surface area (Å²) in [5.74, 6) is -0.700. The predicted octanol–water partition coefficient (Wildman–Crippen LogP) is 0.418. The van der Waals surface area contributed by atoms with E-state index in [4.69, 9.17) is 11.5 Å². The largest absolute Gasteiger partial charge is 0.369 e. The second kappa shape index (κ2) is 7.53. The molecule has 0 spiro atoms. The quantitative estimate of drug-likeness (QED) is 0.725. The Morgan fingerprint density at radius 2 is 1.71 bits per heavy atom. The second-order valence-electron chi connectivity index (χ2n) is 5.43. The van der Waals surface area contributed by atoms with E-state index in [0.717, 1.165) is 9.87 Å². The van der Waals surface area contributed by atoms with Crippen LogP contribution in [-0.2, 0) is 27.1 Å². The SMILES string of the molecule is CC(C)CN(CC(N)=O)S(=O)(=O)Cc1ccc(CN)cc1. The van der Waals surface area contributed by atoms with E-state index >= 15 is 0 Å². The number of nitrogens with zero attached hydrogens (tertiary/aromatic N) is 1. The van der Waals surface area contributed by atoms with Crippen molar-refractivity contribution in [2.45, 2.75) is 26.1 Å². The fourth-order valence-corrected chi connectivity index (χ4v) is 3.58. The molecular formula is C14H23N3O3S. The first kappa shape index (κ1) is 17.6. The summed E-state index contributed by atoms with van der Waals surface area (Å²) in [5, 5.41) is 0. The number of carbonyl (C=O) groups excluding carboxylic acids is 1. The summed E-state index contributed by atoms with van der Waals surface area (Å²) in [7, 11) is -3.58. The van der Waals surface area contributed by atoms with Crippen LogP contribution >= 0.6 is 0 Å². The Morgan fingerprint density at radius 1 is 1.19 bits per heavy atom. The van der Waals surface area contributed by atoms with Crippen molar-refractivity contribution in [3.05, 3.63) is 35.4 Å². The lowest BCUT2D eigenvalue weighted by molar-refractivity contribution is -0.118. The van der Waals surface area contributed by atoms with Gasteiger partial charge in [-0.2, -0.15) is 4.31 Å². The number of primary amides is 1. The van der Waals surface area contributed by atoms with Crippen molar-refractivity contribution in [2.24, 2.45) is 17.4 Å². The summed E-state index contributed by atoms with van der Waals surface area (Å²) in [6.07, 6.45) is 0. The standard InChI is InChI=1S/C14H23N3O3S/c1-11(2)8-17(9-14(16)18)21(19,20)10-13-5-3-12(7-15)4-6-13/h3-6,11H,7-10,15H2,1-2H3,(H2,16,18). The maximum absolute atomic E-state index is 12.4. The van der Waals surface area contributed by atoms with Crippen molar-refractivity contribution in [3.8, 4) is 0 Å². The molecule has 0 unspecified atom stereocenters. The van der Waals surface area contributed by atoms with E-state index in [9.17, 15) is 13.2 Å². The van der Waals surface area contributed by atoms with Crippen molar-refractivity contribution < 1.29 is 13.2 Å². The van der Waals surface area contributed by atoms with E-state index in [1.807, 2.05) is 13.8 Å². The maximum Gasteiger partial charge on any atom is 0.232 e. The molecule has 0 aliphatic rings. The van der Waals surface area contributed by atoms with Crippen molar-refractivity contribution in [1.82, 2.24) is 4.31 Å². The van der Waals surface area contributed by atoms with Crippen LogP contribution in [0, 0.1) is 5.92 Å².